The number of ether oxygens (including phenoxy) is 1. The fraction of sp³-hybridized carbons (Fsp3) is 0.500. The van der Waals surface area contributed by atoms with Gasteiger partial charge in [0.15, 0.2) is 0 Å². The molecule has 0 bridgehead atoms. The molecule has 31 heavy (non-hydrogen) atoms. The second kappa shape index (κ2) is 9.36. The Balaban J connectivity index is 1.79. The summed E-state index contributed by atoms with van der Waals surface area (Å²) in [4.78, 5) is 34.3. The Morgan fingerprint density at radius 1 is 1.45 bits per heavy atom. The van der Waals surface area contributed by atoms with Crippen molar-refractivity contribution in [2.24, 2.45) is 5.28 Å². The molecule has 0 atom stereocenters. The summed E-state index contributed by atoms with van der Waals surface area (Å²) in [5, 5.41) is 4.56. The second-order valence-electron chi connectivity index (χ2n) is 8.00. The van der Waals surface area contributed by atoms with Crippen molar-refractivity contribution in [3.63, 3.8) is 0 Å². The summed E-state index contributed by atoms with van der Waals surface area (Å²) in [7, 11) is 1.72. The molecule has 10 nitrogen and oxygen atoms in total. The Morgan fingerprint density at radius 3 is 2.84 bits per heavy atom. The molecule has 11 heteroatoms. The number of fused-ring (bicyclic) bond motifs is 1. The molecular formula is C20H25ClN6O4. The van der Waals surface area contributed by atoms with Gasteiger partial charge < -0.3 is 23.9 Å². The highest BCUT2D eigenvalue weighted by Crippen LogP contribution is 2.32. The van der Waals surface area contributed by atoms with Crippen molar-refractivity contribution < 1.29 is 19.2 Å². The highest BCUT2D eigenvalue weighted by atomic mass is 35.5. The van der Waals surface area contributed by atoms with Gasteiger partial charge in [-0.1, -0.05) is 23.7 Å². The van der Waals surface area contributed by atoms with Gasteiger partial charge in [-0.3, -0.25) is 4.79 Å². The van der Waals surface area contributed by atoms with Gasteiger partial charge in [-0.05, 0) is 30.0 Å². The van der Waals surface area contributed by atoms with Gasteiger partial charge in [-0.25, -0.2) is 4.79 Å². The zero-order valence-electron chi connectivity index (χ0n) is 17.7. The van der Waals surface area contributed by atoms with Crippen molar-refractivity contribution >= 4 is 35.0 Å². The molecule has 1 aromatic carbocycles. The molecule has 1 fully saturated rings. The molecule has 0 spiro atoms. The van der Waals surface area contributed by atoms with Gasteiger partial charge in [0.1, 0.15) is 5.28 Å². The molecular weight excluding hydrogens is 424 g/mol. The van der Waals surface area contributed by atoms with Crippen LogP contribution in [0.4, 0.5) is 4.79 Å². The summed E-state index contributed by atoms with van der Waals surface area (Å²) in [5.74, 6) is -1.38. The molecule has 0 radical (unpaired) electrons. The minimum atomic E-state index is -1.38. The third-order valence-electron chi connectivity index (χ3n) is 4.98. The van der Waals surface area contributed by atoms with Crippen LogP contribution >= 0.6 is 11.6 Å². The topological polar surface area (TPSA) is 113 Å². The molecule has 0 unspecified atom stereocenters. The number of carbonyl (C=O) groups is 2. The highest BCUT2D eigenvalue weighted by Gasteiger charge is 2.36. The molecule has 166 valence electrons. The number of aromatic nitrogens is 1. The van der Waals surface area contributed by atoms with E-state index in [0.717, 1.165) is 35.7 Å². The second-order valence-corrected chi connectivity index (χ2v) is 8.40. The van der Waals surface area contributed by atoms with E-state index in [1.54, 1.807) is 16.8 Å². The molecule has 1 aromatic heterocycles. The van der Waals surface area contributed by atoms with E-state index in [1.165, 1.54) is 13.8 Å². The Labute approximate surface area is 184 Å². The van der Waals surface area contributed by atoms with Crippen LogP contribution < -0.4 is 0 Å². The number of hydrogen-bond donors (Lipinski definition) is 0. The third kappa shape index (κ3) is 5.74. The lowest BCUT2D eigenvalue weighted by atomic mass is 10.1. The van der Waals surface area contributed by atoms with Crippen LogP contribution in [0.2, 0.25) is 5.02 Å². The summed E-state index contributed by atoms with van der Waals surface area (Å²) < 4.78 is 7.40. The van der Waals surface area contributed by atoms with Crippen LogP contribution in [-0.4, -0.2) is 52.3 Å². The van der Waals surface area contributed by atoms with E-state index in [-0.39, 0.29) is 6.04 Å². The van der Waals surface area contributed by atoms with Crippen molar-refractivity contribution in [1.29, 1.82) is 0 Å². The van der Waals surface area contributed by atoms with Crippen molar-refractivity contribution in [2.45, 2.75) is 51.6 Å². The molecule has 1 heterocycles. The average molecular weight is 449 g/mol. The first-order valence-electron chi connectivity index (χ1n) is 9.89. The van der Waals surface area contributed by atoms with Gasteiger partial charge in [0.05, 0.1) is 5.02 Å². The highest BCUT2D eigenvalue weighted by molar-refractivity contribution is 6.35. The van der Waals surface area contributed by atoms with Crippen LogP contribution in [0.1, 0.15) is 32.3 Å². The van der Waals surface area contributed by atoms with E-state index in [9.17, 15) is 9.59 Å². The number of amides is 2. The zero-order valence-corrected chi connectivity index (χ0v) is 18.4. The quantitative estimate of drug-likeness (QED) is 0.133. The molecule has 1 aliphatic rings. The number of azide groups is 1. The van der Waals surface area contributed by atoms with Gasteiger partial charge >= 0.3 is 6.09 Å². The maximum atomic E-state index is 12.8. The Morgan fingerprint density at radius 2 is 2.19 bits per heavy atom. The van der Waals surface area contributed by atoms with Crippen LogP contribution in [0.15, 0.2) is 29.7 Å². The van der Waals surface area contributed by atoms with Crippen molar-refractivity contribution in [2.75, 3.05) is 13.6 Å². The summed E-state index contributed by atoms with van der Waals surface area (Å²) in [6, 6.07) is 5.94. The standard InChI is InChI=1S/C20H25ClN6O4/c1-20(2,31-24-23-22)30-19(29)27(15-5-6-15)11-14-4-7-16-17(21)12-26(18(16)10-14)9-8-25(3)13-28/h4,7,10,12-13,15H,5-6,8-9,11H2,1-3H3. The molecule has 2 amide bonds. The third-order valence-corrected chi connectivity index (χ3v) is 5.28. The zero-order chi connectivity index (χ0) is 22.6. The molecule has 0 aliphatic heterocycles. The minimum Gasteiger partial charge on any atom is -0.406 e. The molecule has 1 saturated carbocycles. The lowest BCUT2D eigenvalue weighted by Gasteiger charge is -2.28. The fourth-order valence-corrected chi connectivity index (χ4v) is 3.50. The first-order valence-corrected chi connectivity index (χ1v) is 10.3. The largest absolute Gasteiger partial charge is 0.413 e. The van der Waals surface area contributed by atoms with Crippen LogP contribution in [-0.2, 0) is 27.5 Å². The first-order chi connectivity index (χ1) is 14.7. The minimum absolute atomic E-state index is 0.0927. The Bertz CT molecular complexity index is 1010. The number of benzene rings is 1. The van der Waals surface area contributed by atoms with Gasteiger partial charge in [-0.15, -0.1) is 0 Å². The van der Waals surface area contributed by atoms with Crippen molar-refractivity contribution in [3.8, 4) is 0 Å². The number of carbonyl (C=O) groups excluding carboxylic acids is 2. The first kappa shape index (κ1) is 22.6. The maximum Gasteiger partial charge on any atom is 0.413 e. The molecule has 0 saturated heterocycles. The van der Waals surface area contributed by atoms with E-state index in [0.29, 0.717) is 24.7 Å². The van der Waals surface area contributed by atoms with Crippen LogP contribution in [0.5, 0.6) is 0 Å². The summed E-state index contributed by atoms with van der Waals surface area (Å²) in [6.07, 6.45) is 3.88. The monoisotopic (exact) mass is 448 g/mol. The van der Waals surface area contributed by atoms with Crippen LogP contribution in [0.3, 0.4) is 0 Å². The number of halogens is 1. The van der Waals surface area contributed by atoms with Gasteiger partial charge in [0, 0.05) is 68.6 Å². The molecule has 2 aromatic rings. The number of likely N-dealkylation sites (N-methyl/N-ethyl adjacent to an activating group) is 1. The van der Waals surface area contributed by atoms with E-state index in [2.05, 4.69) is 10.2 Å². The molecule has 3 rings (SSSR count). The predicted molar refractivity (Wildman–Crippen MR) is 115 cm³/mol. The number of hydrogen-bond acceptors (Lipinski definition) is 5. The number of rotatable bonds is 10. The summed E-state index contributed by atoms with van der Waals surface area (Å²) in [5.41, 5.74) is 10.3. The average Bonchev–Trinajstić information content (AvgIpc) is 3.52. The Hall–Kier alpha value is -3.10. The lowest BCUT2D eigenvalue weighted by molar-refractivity contribution is -0.184. The lowest BCUT2D eigenvalue weighted by Crippen LogP contribution is -2.39. The van der Waals surface area contributed by atoms with Crippen LogP contribution in [0.25, 0.3) is 21.3 Å². The normalized spacial score (nSPS) is 13.4. The van der Waals surface area contributed by atoms with Crippen molar-refractivity contribution in [1.82, 2.24) is 14.4 Å². The summed E-state index contributed by atoms with van der Waals surface area (Å²) >= 11 is 6.37. The number of nitrogens with zero attached hydrogens (tertiary/aromatic N) is 6. The fourth-order valence-electron chi connectivity index (χ4n) is 3.22. The maximum absolute atomic E-state index is 12.8. The summed E-state index contributed by atoms with van der Waals surface area (Å²) in [6.45, 7) is 4.51. The van der Waals surface area contributed by atoms with E-state index in [1.807, 2.05) is 29.0 Å². The predicted octanol–water partition coefficient (Wildman–Crippen LogP) is 4.46. The van der Waals surface area contributed by atoms with E-state index >= 15 is 0 Å². The van der Waals surface area contributed by atoms with E-state index < -0.39 is 11.9 Å². The molecule has 1 aliphatic carbocycles. The smallest absolute Gasteiger partial charge is 0.406 e. The van der Waals surface area contributed by atoms with Gasteiger partial charge in [0.25, 0.3) is 5.79 Å². The van der Waals surface area contributed by atoms with Gasteiger partial charge in [0.2, 0.25) is 6.41 Å². The van der Waals surface area contributed by atoms with Crippen molar-refractivity contribution in [3.05, 3.63) is 45.4 Å². The Kier molecular flexibility index (Phi) is 6.82. The molecule has 0 N–H and O–H groups in total. The van der Waals surface area contributed by atoms with Gasteiger partial charge in [-0.2, -0.15) is 0 Å². The SMILES string of the molecule is CN(C=O)CCn1cc(Cl)c2ccc(CN(C(=O)OC(C)(C)ON=[N+]=[N-])C3CC3)cc21. The van der Waals surface area contributed by atoms with E-state index in [4.69, 9.17) is 26.7 Å². The van der Waals surface area contributed by atoms with Crippen LogP contribution in [0, 0.1) is 0 Å².